The minimum absolute atomic E-state index is 0.00623. The number of hydrogen-bond donors (Lipinski definition) is 3. The van der Waals surface area contributed by atoms with Crippen molar-refractivity contribution in [3.05, 3.63) is 89.4 Å². The summed E-state index contributed by atoms with van der Waals surface area (Å²) in [6, 6.07) is 17.4. The van der Waals surface area contributed by atoms with Gasteiger partial charge >= 0.3 is 0 Å². The summed E-state index contributed by atoms with van der Waals surface area (Å²) < 4.78 is 32.5. The molecule has 1 fully saturated rings. The Balaban J connectivity index is 1.36. The Morgan fingerprint density at radius 1 is 0.977 bits per heavy atom. The Morgan fingerprint density at radius 3 is 2.45 bits per heavy atom. The number of nitrogens with zero attached hydrogens (tertiary/aromatic N) is 3. The number of halogens is 1. The Labute approximate surface area is 256 Å². The molecule has 0 atom stereocenters. The molecule has 1 saturated heterocycles. The molecule has 0 aliphatic carbocycles. The molecule has 3 N–H and O–H groups in total. The van der Waals surface area contributed by atoms with Crippen molar-refractivity contribution in [3.63, 3.8) is 0 Å². The number of piperazine rings is 1. The van der Waals surface area contributed by atoms with Crippen LogP contribution in [0.3, 0.4) is 0 Å². The molecular formula is C33H37FN6O4. The maximum absolute atomic E-state index is 14.9. The van der Waals surface area contributed by atoms with Gasteiger partial charge in [-0.15, -0.1) is 0 Å². The number of rotatable bonds is 12. The summed E-state index contributed by atoms with van der Waals surface area (Å²) >= 11 is 0. The monoisotopic (exact) mass is 600 g/mol. The average molecular weight is 601 g/mol. The molecule has 5 rings (SSSR count). The van der Waals surface area contributed by atoms with Crippen molar-refractivity contribution in [1.82, 2.24) is 20.2 Å². The lowest BCUT2D eigenvalue weighted by Crippen LogP contribution is -2.44. The molecule has 10 nitrogen and oxygen atoms in total. The number of aryl methyl sites for hydroxylation is 2. The first-order valence-electron chi connectivity index (χ1n) is 14.7. The predicted molar refractivity (Wildman–Crippen MR) is 168 cm³/mol. The van der Waals surface area contributed by atoms with Crippen LogP contribution >= 0.6 is 0 Å². The molecule has 0 spiro atoms. The van der Waals surface area contributed by atoms with Crippen LogP contribution in [-0.4, -0.2) is 66.7 Å². The van der Waals surface area contributed by atoms with Crippen LogP contribution in [0, 0.1) is 19.7 Å². The Bertz CT molecular complexity index is 1570. The smallest absolute Gasteiger partial charge is 0.262 e. The van der Waals surface area contributed by atoms with Crippen LogP contribution in [0.1, 0.15) is 28.4 Å². The Kier molecular flexibility index (Phi) is 10.2. The van der Waals surface area contributed by atoms with Crippen molar-refractivity contribution in [2.75, 3.05) is 56.6 Å². The SMILES string of the molecule is CCOc1ccccc1Oc1nc(Nc2ccc(OCCN3CCNCC3)c(F)c2)ncc1C(=O)Nc1c(C)cccc1C. The molecular weight excluding hydrogens is 563 g/mol. The van der Waals surface area contributed by atoms with E-state index in [0.717, 1.165) is 43.9 Å². The number of hydrogen-bond acceptors (Lipinski definition) is 9. The second kappa shape index (κ2) is 14.6. The molecule has 11 heteroatoms. The summed E-state index contributed by atoms with van der Waals surface area (Å²) in [7, 11) is 0. The zero-order valence-electron chi connectivity index (χ0n) is 25.2. The second-order valence-corrected chi connectivity index (χ2v) is 10.3. The summed E-state index contributed by atoms with van der Waals surface area (Å²) in [5.41, 5.74) is 3.06. The maximum Gasteiger partial charge on any atom is 0.262 e. The first kappa shape index (κ1) is 30.7. The van der Waals surface area contributed by atoms with Crippen LogP contribution in [0.15, 0.2) is 66.9 Å². The van der Waals surface area contributed by atoms with E-state index in [1.54, 1.807) is 30.3 Å². The summed E-state index contributed by atoms with van der Waals surface area (Å²) in [6.07, 6.45) is 1.38. The van der Waals surface area contributed by atoms with Gasteiger partial charge in [0.1, 0.15) is 12.2 Å². The van der Waals surface area contributed by atoms with Crippen LogP contribution in [0.2, 0.25) is 0 Å². The minimum Gasteiger partial charge on any atom is -0.490 e. The molecule has 230 valence electrons. The highest BCUT2D eigenvalue weighted by molar-refractivity contribution is 6.06. The molecule has 1 amide bonds. The lowest BCUT2D eigenvalue weighted by Gasteiger charge is -2.26. The van der Waals surface area contributed by atoms with E-state index in [1.165, 1.54) is 12.3 Å². The molecule has 1 aliphatic rings. The number of nitrogens with one attached hydrogen (secondary N) is 3. The summed E-state index contributed by atoms with van der Waals surface area (Å²) in [5.74, 6) is 0.221. The van der Waals surface area contributed by atoms with Crippen molar-refractivity contribution >= 4 is 23.2 Å². The summed E-state index contributed by atoms with van der Waals surface area (Å²) in [5, 5.41) is 9.28. The number of ether oxygens (including phenoxy) is 3. The van der Waals surface area contributed by atoms with Crippen molar-refractivity contribution in [3.8, 4) is 23.1 Å². The first-order valence-corrected chi connectivity index (χ1v) is 14.7. The number of benzene rings is 3. The lowest BCUT2D eigenvalue weighted by atomic mass is 10.1. The third kappa shape index (κ3) is 7.80. The van der Waals surface area contributed by atoms with Crippen molar-refractivity contribution in [1.29, 1.82) is 0 Å². The second-order valence-electron chi connectivity index (χ2n) is 10.3. The number of para-hydroxylation sites is 3. The molecule has 0 unspecified atom stereocenters. The zero-order valence-corrected chi connectivity index (χ0v) is 25.2. The largest absolute Gasteiger partial charge is 0.490 e. The van der Waals surface area contributed by atoms with E-state index in [-0.39, 0.29) is 23.1 Å². The van der Waals surface area contributed by atoms with Crippen LogP contribution in [0.4, 0.5) is 21.7 Å². The van der Waals surface area contributed by atoms with Crippen LogP contribution in [-0.2, 0) is 0 Å². The third-order valence-electron chi connectivity index (χ3n) is 7.14. The number of amides is 1. The molecule has 44 heavy (non-hydrogen) atoms. The van der Waals surface area contributed by atoms with Crippen LogP contribution in [0.5, 0.6) is 23.1 Å². The maximum atomic E-state index is 14.9. The van der Waals surface area contributed by atoms with E-state index in [2.05, 4.69) is 30.8 Å². The number of aromatic nitrogens is 2. The van der Waals surface area contributed by atoms with E-state index in [9.17, 15) is 9.18 Å². The topological polar surface area (TPSA) is 110 Å². The molecule has 3 aromatic carbocycles. The quantitative estimate of drug-likeness (QED) is 0.189. The fraction of sp³-hybridized carbons (Fsp3) is 0.303. The summed E-state index contributed by atoms with van der Waals surface area (Å²) in [6.45, 7) is 11.0. The van der Waals surface area contributed by atoms with Gasteiger partial charge in [0.25, 0.3) is 5.91 Å². The predicted octanol–water partition coefficient (Wildman–Crippen LogP) is 5.70. The van der Waals surface area contributed by atoms with E-state index in [1.807, 2.05) is 45.0 Å². The molecule has 0 saturated carbocycles. The van der Waals surface area contributed by atoms with Gasteiger partial charge < -0.3 is 30.2 Å². The van der Waals surface area contributed by atoms with Crippen LogP contribution < -0.4 is 30.2 Å². The highest BCUT2D eigenvalue weighted by Crippen LogP contribution is 2.33. The number of carbonyl (C=O) groups excluding carboxylic acids is 1. The third-order valence-corrected chi connectivity index (χ3v) is 7.14. The fourth-order valence-corrected chi connectivity index (χ4v) is 4.81. The van der Waals surface area contributed by atoms with Crippen molar-refractivity contribution < 1.29 is 23.4 Å². The molecule has 2 heterocycles. The molecule has 1 aliphatic heterocycles. The van der Waals surface area contributed by atoms with E-state index in [0.29, 0.717) is 36.1 Å². The average Bonchev–Trinajstić information content (AvgIpc) is 3.02. The van der Waals surface area contributed by atoms with Gasteiger partial charge in [-0.05, 0) is 56.2 Å². The van der Waals surface area contributed by atoms with Gasteiger partial charge in [0.2, 0.25) is 11.8 Å². The lowest BCUT2D eigenvalue weighted by molar-refractivity contribution is 0.102. The van der Waals surface area contributed by atoms with Gasteiger partial charge in [0.15, 0.2) is 23.1 Å². The van der Waals surface area contributed by atoms with Crippen molar-refractivity contribution in [2.45, 2.75) is 20.8 Å². The number of carbonyl (C=O) groups is 1. The number of anilines is 3. The summed E-state index contributed by atoms with van der Waals surface area (Å²) in [4.78, 5) is 24.6. The molecule has 1 aromatic heterocycles. The Morgan fingerprint density at radius 2 is 1.73 bits per heavy atom. The Hall–Kier alpha value is -4.74. The van der Waals surface area contributed by atoms with Gasteiger partial charge in [0, 0.05) is 56.4 Å². The van der Waals surface area contributed by atoms with E-state index >= 15 is 0 Å². The van der Waals surface area contributed by atoms with Crippen molar-refractivity contribution in [2.24, 2.45) is 0 Å². The molecule has 0 bridgehead atoms. The van der Waals surface area contributed by atoms with E-state index in [4.69, 9.17) is 14.2 Å². The van der Waals surface area contributed by atoms with Gasteiger partial charge in [-0.25, -0.2) is 9.37 Å². The minimum atomic E-state index is -0.512. The van der Waals surface area contributed by atoms with Gasteiger partial charge in [0.05, 0.1) is 6.61 Å². The zero-order chi connectivity index (χ0) is 30.9. The van der Waals surface area contributed by atoms with E-state index < -0.39 is 11.7 Å². The first-order chi connectivity index (χ1) is 21.4. The normalized spacial score (nSPS) is 13.3. The van der Waals surface area contributed by atoms with Gasteiger partial charge in [-0.3, -0.25) is 9.69 Å². The highest BCUT2D eigenvalue weighted by atomic mass is 19.1. The highest BCUT2D eigenvalue weighted by Gasteiger charge is 2.20. The van der Waals surface area contributed by atoms with Gasteiger partial charge in [-0.1, -0.05) is 30.3 Å². The molecule has 4 aromatic rings. The fourth-order valence-electron chi connectivity index (χ4n) is 4.81. The van der Waals surface area contributed by atoms with Crippen LogP contribution in [0.25, 0.3) is 0 Å². The van der Waals surface area contributed by atoms with Gasteiger partial charge in [-0.2, -0.15) is 4.98 Å². The molecule has 0 radical (unpaired) electrons. The standard InChI is InChI=1S/C33H37FN6O4/c1-4-42-28-10-5-6-11-29(28)44-32-25(31(41)38-30-22(2)8-7-9-23(30)3)21-36-33(39-32)37-24-12-13-27(26(34)20-24)43-19-18-40-16-14-35-15-17-40/h5-13,20-21,35H,4,14-19H2,1-3H3,(H,38,41)(H,36,37,39).